The van der Waals surface area contributed by atoms with Gasteiger partial charge in [0.2, 0.25) is 5.95 Å². The number of carbonyl (C=O) groups is 1. The first kappa shape index (κ1) is 16.5. The molecule has 0 radical (unpaired) electrons. The Labute approximate surface area is 155 Å². The lowest BCUT2D eigenvalue weighted by Crippen LogP contribution is -2.48. The maximum absolute atomic E-state index is 12.7. The molecule has 1 aliphatic heterocycles. The molecule has 1 aromatic carbocycles. The zero-order chi connectivity index (χ0) is 17.8. The fourth-order valence-corrected chi connectivity index (χ4v) is 3.51. The van der Waals surface area contributed by atoms with E-state index in [-0.39, 0.29) is 5.91 Å². The van der Waals surface area contributed by atoms with Gasteiger partial charge in [0.15, 0.2) is 5.13 Å². The van der Waals surface area contributed by atoms with E-state index in [2.05, 4.69) is 25.2 Å². The Bertz CT molecular complexity index is 845. The highest BCUT2D eigenvalue weighted by molar-refractivity contribution is 7.13. The number of rotatable bonds is 4. The average Bonchev–Trinajstić information content (AvgIpc) is 3.24. The SMILES string of the molecule is O=C(c1cnc(Nc2ccccc2)nc1)N1CCN(c2nccs2)CC1. The number of hydrogen-bond acceptors (Lipinski definition) is 7. The number of carbonyl (C=O) groups excluding carboxylic acids is 1. The quantitative estimate of drug-likeness (QED) is 0.765. The zero-order valence-electron chi connectivity index (χ0n) is 14.1. The molecule has 0 unspecified atom stereocenters. The second-order valence-electron chi connectivity index (χ2n) is 5.88. The number of aromatic nitrogens is 3. The number of benzene rings is 1. The van der Waals surface area contributed by atoms with Crippen molar-refractivity contribution in [3.8, 4) is 0 Å². The molecular formula is C18H18N6OS. The van der Waals surface area contributed by atoms with Gasteiger partial charge in [-0.3, -0.25) is 4.79 Å². The Kier molecular flexibility index (Phi) is 4.74. The van der Waals surface area contributed by atoms with Gasteiger partial charge in [0.25, 0.3) is 5.91 Å². The summed E-state index contributed by atoms with van der Waals surface area (Å²) in [6.45, 7) is 2.91. The van der Waals surface area contributed by atoms with Crippen molar-refractivity contribution < 1.29 is 4.79 Å². The van der Waals surface area contributed by atoms with E-state index in [1.165, 1.54) is 0 Å². The summed E-state index contributed by atoms with van der Waals surface area (Å²) < 4.78 is 0. The average molecular weight is 366 g/mol. The van der Waals surface area contributed by atoms with Crippen LogP contribution in [0.25, 0.3) is 0 Å². The molecule has 0 aliphatic carbocycles. The van der Waals surface area contributed by atoms with Crippen LogP contribution in [0.1, 0.15) is 10.4 Å². The largest absolute Gasteiger partial charge is 0.345 e. The van der Waals surface area contributed by atoms with Crippen LogP contribution in [-0.2, 0) is 0 Å². The second-order valence-corrected chi connectivity index (χ2v) is 6.75. The molecular weight excluding hydrogens is 348 g/mol. The third-order valence-corrected chi connectivity index (χ3v) is 5.02. The number of nitrogens with zero attached hydrogens (tertiary/aromatic N) is 5. The van der Waals surface area contributed by atoms with Crippen molar-refractivity contribution in [2.45, 2.75) is 0 Å². The van der Waals surface area contributed by atoms with E-state index >= 15 is 0 Å². The van der Waals surface area contributed by atoms with Crippen molar-refractivity contribution in [2.24, 2.45) is 0 Å². The van der Waals surface area contributed by atoms with E-state index in [0.717, 1.165) is 23.9 Å². The molecule has 0 spiro atoms. The third-order valence-electron chi connectivity index (χ3n) is 4.19. The van der Waals surface area contributed by atoms with Crippen LogP contribution in [0.15, 0.2) is 54.3 Å². The van der Waals surface area contributed by atoms with Crippen LogP contribution < -0.4 is 10.2 Å². The summed E-state index contributed by atoms with van der Waals surface area (Å²) in [5, 5.41) is 6.09. The Morgan fingerprint density at radius 1 is 1.00 bits per heavy atom. The van der Waals surface area contributed by atoms with Gasteiger partial charge in [-0.05, 0) is 12.1 Å². The standard InChI is InChI=1S/C18H18N6OS/c25-16(23-7-9-24(10-8-23)18-19-6-11-26-18)14-12-20-17(21-13-14)22-15-4-2-1-3-5-15/h1-6,11-13H,7-10H2,(H,20,21,22). The summed E-state index contributed by atoms with van der Waals surface area (Å²) in [6, 6.07) is 9.69. The summed E-state index contributed by atoms with van der Waals surface area (Å²) in [7, 11) is 0. The molecule has 1 aliphatic rings. The molecule has 4 rings (SSSR count). The fraction of sp³-hybridized carbons (Fsp3) is 0.222. The summed E-state index contributed by atoms with van der Waals surface area (Å²) in [4.78, 5) is 29.5. The van der Waals surface area contributed by atoms with Gasteiger partial charge in [-0.15, -0.1) is 11.3 Å². The molecule has 0 bridgehead atoms. The Morgan fingerprint density at radius 3 is 2.38 bits per heavy atom. The van der Waals surface area contributed by atoms with Crippen molar-refractivity contribution in [2.75, 3.05) is 36.4 Å². The predicted molar refractivity (Wildman–Crippen MR) is 102 cm³/mol. The third kappa shape index (κ3) is 3.65. The molecule has 3 heterocycles. The molecule has 26 heavy (non-hydrogen) atoms. The minimum atomic E-state index is -0.0324. The number of piperazine rings is 1. The summed E-state index contributed by atoms with van der Waals surface area (Å²) in [5.74, 6) is 0.441. The van der Waals surface area contributed by atoms with Gasteiger partial charge in [0, 0.05) is 55.8 Å². The van der Waals surface area contributed by atoms with Gasteiger partial charge < -0.3 is 15.1 Å². The van der Waals surface area contributed by atoms with Crippen molar-refractivity contribution in [3.05, 3.63) is 59.9 Å². The minimum absolute atomic E-state index is 0.0324. The van der Waals surface area contributed by atoms with E-state index in [4.69, 9.17) is 0 Å². The van der Waals surface area contributed by atoms with E-state index in [0.29, 0.717) is 24.6 Å². The molecule has 1 N–H and O–H groups in total. The van der Waals surface area contributed by atoms with Gasteiger partial charge in [0.05, 0.1) is 5.56 Å². The van der Waals surface area contributed by atoms with Gasteiger partial charge in [-0.25, -0.2) is 15.0 Å². The highest BCUT2D eigenvalue weighted by Gasteiger charge is 2.23. The van der Waals surface area contributed by atoms with Gasteiger partial charge in [-0.2, -0.15) is 0 Å². The molecule has 1 fully saturated rings. The lowest BCUT2D eigenvalue weighted by molar-refractivity contribution is 0.0746. The van der Waals surface area contributed by atoms with E-state index in [1.54, 1.807) is 29.9 Å². The highest BCUT2D eigenvalue weighted by Crippen LogP contribution is 2.19. The van der Waals surface area contributed by atoms with E-state index in [9.17, 15) is 4.79 Å². The van der Waals surface area contributed by atoms with E-state index in [1.807, 2.05) is 40.6 Å². The Hall–Kier alpha value is -3.00. The van der Waals surface area contributed by atoms with Crippen molar-refractivity contribution in [1.29, 1.82) is 0 Å². The fourth-order valence-electron chi connectivity index (χ4n) is 2.81. The van der Waals surface area contributed by atoms with Crippen LogP contribution in [0.2, 0.25) is 0 Å². The number of thiazole rings is 1. The van der Waals surface area contributed by atoms with Gasteiger partial charge in [-0.1, -0.05) is 18.2 Å². The van der Waals surface area contributed by atoms with Gasteiger partial charge in [0.1, 0.15) is 0 Å². The zero-order valence-corrected chi connectivity index (χ0v) is 14.9. The lowest BCUT2D eigenvalue weighted by atomic mass is 10.2. The molecule has 132 valence electrons. The topological polar surface area (TPSA) is 74.2 Å². The summed E-state index contributed by atoms with van der Waals surface area (Å²) in [6.07, 6.45) is 4.96. The summed E-state index contributed by atoms with van der Waals surface area (Å²) >= 11 is 1.62. The molecule has 2 aromatic heterocycles. The van der Waals surface area contributed by atoms with Crippen LogP contribution in [0.4, 0.5) is 16.8 Å². The van der Waals surface area contributed by atoms with Crippen LogP contribution >= 0.6 is 11.3 Å². The first-order chi connectivity index (χ1) is 12.8. The molecule has 0 saturated carbocycles. The lowest BCUT2D eigenvalue weighted by Gasteiger charge is -2.34. The van der Waals surface area contributed by atoms with E-state index < -0.39 is 0 Å². The first-order valence-corrected chi connectivity index (χ1v) is 9.25. The summed E-state index contributed by atoms with van der Waals surface area (Å²) in [5.41, 5.74) is 1.41. The first-order valence-electron chi connectivity index (χ1n) is 8.37. The monoisotopic (exact) mass is 366 g/mol. The maximum Gasteiger partial charge on any atom is 0.257 e. The predicted octanol–water partition coefficient (Wildman–Crippen LogP) is 2.64. The molecule has 1 amide bonds. The normalized spacial score (nSPS) is 14.3. The number of amides is 1. The minimum Gasteiger partial charge on any atom is -0.345 e. The molecule has 8 heteroatoms. The number of para-hydroxylation sites is 1. The Balaban J connectivity index is 1.36. The number of anilines is 3. The Morgan fingerprint density at radius 2 is 1.73 bits per heavy atom. The number of hydrogen-bond donors (Lipinski definition) is 1. The van der Waals surface area contributed by atoms with Crippen LogP contribution in [0, 0.1) is 0 Å². The maximum atomic E-state index is 12.7. The van der Waals surface area contributed by atoms with Crippen LogP contribution in [0.3, 0.4) is 0 Å². The van der Waals surface area contributed by atoms with Crippen molar-refractivity contribution in [3.63, 3.8) is 0 Å². The number of nitrogens with one attached hydrogen (secondary N) is 1. The molecule has 7 nitrogen and oxygen atoms in total. The van der Waals surface area contributed by atoms with Crippen molar-refractivity contribution >= 4 is 34.0 Å². The second kappa shape index (κ2) is 7.49. The highest BCUT2D eigenvalue weighted by atomic mass is 32.1. The molecule has 1 saturated heterocycles. The van der Waals surface area contributed by atoms with Gasteiger partial charge >= 0.3 is 0 Å². The van der Waals surface area contributed by atoms with Crippen LogP contribution in [0.5, 0.6) is 0 Å². The van der Waals surface area contributed by atoms with Crippen molar-refractivity contribution in [1.82, 2.24) is 19.9 Å². The molecule has 0 atom stereocenters. The smallest absolute Gasteiger partial charge is 0.257 e. The molecule has 3 aromatic rings. The van der Waals surface area contributed by atoms with Crippen LogP contribution in [-0.4, -0.2) is 51.9 Å².